The second kappa shape index (κ2) is 6.55. The van der Waals surface area contributed by atoms with E-state index in [1.54, 1.807) is 12.1 Å². The van der Waals surface area contributed by atoms with Crippen molar-refractivity contribution in [1.29, 1.82) is 5.26 Å². The first-order chi connectivity index (χ1) is 10.0. The summed E-state index contributed by atoms with van der Waals surface area (Å²) in [6, 6.07) is 7.39. The van der Waals surface area contributed by atoms with Gasteiger partial charge in [-0.2, -0.15) is 5.26 Å². The second-order valence-corrected chi connectivity index (χ2v) is 5.61. The average Bonchev–Trinajstić information content (AvgIpc) is 2.96. The largest absolute Gasteiger partial charge is 0.368 e. The molecule has 6 heteroatoms. The van der Waals surface area contributed by atoms with Gasteiger partial charge >= 0.3 is 0 Å². The van der Waals surface area contributed by atoms with Crippen LogP contribution in [0.1, 0.15) is 32.3 Å². The van der Waals surface area contributed by atoms with E-state index >= 15 is 0 Å². The molecule has 21 heavy (non-hydrogen) atoms. The first kappa shape index (κ1) is 15.3. The number of rotatable bonds is 5. The number of nitro benzene ring substituents is 1. The molecule has 1 aromatic carbocycles. The minimum Gasteiger partial charge on any atom is -0.368 e. The maximum atomic E-state index is 10.9. The van der Waals surface area contributed by atoms with Gasteiger partial charge in [-0.05, 0) is 45.4 Å². The van der Waals surface area contributed by atoms with E-state index in [4.69, 9.17) is 5.26 Å². The monoisotopic (exact) mass is 288 g/mol. The lowest BCUT2D eigenvalue weighted by Crippen LogP contribution is -2.41. The van der Waals surface area contributed by atoms with E-state index in [1.807, 2.05) is 6.07 Å². The van der Waals surface area contributed by atoms with Gasteiger partial charge < -0.3 is 10.2 Å². The average molecular weight is 288 g/mol. The van der Waals surface area contributed by atoms with Crippen molar-refractivity contribution < 1.29 is 4.92 Å². The molecule has 1 aromatic rings. The van der Waals surface area contributed by atoms with E-state index in [-0.39, 0.29) is 17.3 Å². The number of benzene rings is 1. The lowest BCUT2D eigenvalue weighted by atomic mass is 10.1. The van der Waals surface area contributed by atoms with Gasteiger partial charge in [-0.3, -0.25) is 10.1 Å². The van der Waals surface area contributed by atoms with Crippen LogP contribution < -0.4 is 10.2 Å². The first-order valence-electron chi connectivity index (χ1n) is 7.21. The van der Waals surface area contributed by atoms with Crippen LogP contribution in [0.3, 0.4) is 0 Å². The van der Waals surface area contributed by atoms with Crippen LogP contribution in [-0.4, -0.2) is 30.1 Å². The van der Waals surface area contributed by atoms with Crippen LogP contribution in [0.25, 0.3) is 0 Å². The molecule has 112 valence electrons. The molecular weight excluding hydrogens is 268 g/mol. The lowest BCUT2D eigenvalue weighted by Gasteiger charge is -2.31. The molecule has 1 aliphatic rings. The van der Waals surface area contributed by atoms with E-state index < -0.39 is 4.92 Å². The van der Waals surface area contributed by atoms with E-state index in [1.165, 1.54) is 12.5 Å². The Morgan fingerprint density at radius 2 is 2.33 bits per heavy atom. The molecule has 0 spiro atoms. The van der Waals surface area contributed by atoms with E-state index in [2.05, 4.69) is 24.1 Å². The smallest absolute Gasteiger partial charge is 0.287 e. The Bertz CT molecular complexity index is 559. The Labute approximate surface area is 124 Å². The molecular formula is C15H20N4O2. The predicted molar refractivity (Wildman–Crippen MR) is 81.3 cm³/mol. The van der Waals surface area contributed by atoms with Gasteiger partial charge in [-0.15, -0.1) is 0 Å². The van der Waals surface area contributed by atoms with Crippen LogP contribution in [0.2, 0.25) is 0 Å². The summed E-state index contributed by atoms with van der Waals surface area (Å²) in [6.45, 7) is 6.06. The fourth-order valence-corrected chi connectivity index (χ4v) is 2.72. The molecule has 0 amide bonds. The zero-order valence-electron chi connectivity index (χ0n) is 12.4. The predicted octanol–water partition coefficient (Wildman–Crippen LogP) is 2.43. The zero-order valence-corrected chi connectivity index (χ0v) is 12.4. The highest BCUT2D eigenvalue weighted by molar-refractivity contribution is 5.60. The van der Waals surface area contributed by atoms with Crippen LogP contribution in [0.15, 0.2) is 18.2 Å². The van der Waals surface area contributed by atoms with Crippen molar-refractivity contribution in [2.24, 2.45) is 0 Å². The molecule has 1 unspecified atom stereocenters. The van der Waals surface area contributed by atoms with Gasteiger partial charge in [-0.25, -0.2) is 0 Å². The number of nitriles is 1. The standard InChI is InChI=1S/C15H20N4O2/c1-11(2)18(10-13-4-3-7-17-13)14-5-6-15(19(20)21)12(8-14)9-16/h5-6,8,11,13,17H,3-4,7,10H2,1-2H3. The quantitative estimate of drug-likeness (QED) is 0.664. The van der Waals surface area contributed by atoms with Gasteiger partial charge in [-0.1, -0.05) is 0 Å². The van der Waals surface area contributed by atoms with Crippen molar-refractivity contribution in [2.45, 2.75) is 38.8 Å². The third-order valence-corrected chi connectivity index (χ3v) is 3.83. The Hall–Kier alpha value is -2.13. The number of nitrogens with zero attached hydrogens (tertiary/aromatic N) is 3. The van der Waals surface area contributed by atoms with Crippen molar-refractivity contribution in [3.05, 3.63) is 33.9 Å². The Balaban J connectivity index is 2.27. The molecule has 6 nitrogen and oxygen atoms in total. The van der Waals surface area contributed by atoms with Crippen LogP contribution in [0, 0.1) is 21.4 Å². The summed E-state index contributed by atoms with van der Waals surface area (Å²) in [5.74, 6) is 0. The normalized spacial score (nSPS) is 17.7. The van der Waals surface area contributed by atoms with Crippen LogP contribution in [0.5, 0.6) is 0 Å². The summed E-state index contributed by atoms with van der Waals surface area (Å²) in [6.07, 6.45) is 2.32. The minimum absolute atomic E-state index is 0.113. The SMILES string of the molecule is CC(C)N(CC1CCCN1)c1ccc([N+](=O)[O-])c(C#N)c1. The molecule has 0 bridgehead atoms. The molecule has 1 atom stereocenters. The number of hydrogen-bond donors (Lipinski definition) is 1. The summed E-state index contributed by atoms with van der Waals surface area (Å²) < 4.78 is 0. The van der Waals surface area contributed by atoms with Gasteiger partial charge in [0.2, 0.25) is 0 Å². The summed E-state index contributed by atoms with van der Waals surface area (Å²) in [4.78, 5) is 12.6. The fraction of sp³-hybridized carbons (Fsp3) is 0.533. The minimum atomic E-state index is -0.513. The van der Waals surface area contributed by atoms with Gasteiger partial charge in [0.1, 0.15) is 11.6 Å². The van der Waals surface area contributed by atoms with Crippen LogP contribution in [-0.2, 0) is 0 Å². The fourth-order valence-electron chi connectivity index (χ4n) is 2.72. The van der Waals surface area contributed by atoms with Crippen molar-refractivity contribution in [1.82, 2.24) is 5.32 Å². The molecule has 0 aliphatic carbocycles. The molecule has 1 saturated heterocycles. The number of hydrogen-bond acceptors (Lipinski definition) is 5. The maximum Gasteiger partial charge on any atom is 0.287 e. The van der Waals surface area contributed by atoms with Crippen molar-refractivity contribution in [3.63, 3.8) is 0 Å². The van der Waals surface area contributed by atoms with E-state index in [9.17, 15) is 10.1 Å². The van der Waals surface area contributed by atoms with Crippen molar-refractivity contribution in [3.8, 4) is 6.07 Å². The van der Waals surface area contributed by atoms with Crippen LogP contribution in [0.4, 0.5) is 11.4 Å². The third kappa shape index (κ3) is 3.50. The summed E-state index contributed by atoms with van der Waals surface area (Å²) in [7, 11) is 0. The molecule has 0 aromatic heterocycles. The summed E-state index contributed by atoms with van der Waals surface area (Å²) in [5.41, 5.74) is 0.840. The topological polar surface area (TPSA) is 82.2 Å². The molecule has 0 saturated carbocycles. The number of anilines is 1. The molecule has 2 rings (SSSR count). The van der Waals surface area contributed by atoms with Gasteiger partial charge in [0.05, 0.1) is 4.92 Å². The number of nitro groups is 1. The Morgan fingerprint density at radius 1 is 1.57 bits per heavy atom. The molecule has 1 fully saturated rings. The Morgan fingerprint density at radius 3 is 2.86 bits per heavy atom. The number of nitrogens with one attached hydrogen (secondary N) is 1. The van der Waals surface area contributed by atoms with Gasteiger partial charge in [0, 0.05) is 30.4 Å². The summed E-state index contributed by atoms with van der Waals surface area (Å²) >= 11 is 0. The highest BCUT2D eigenvalue weighted by Crippen LogP contribution is 2.26. The summed E-state index contributed by atoms with van der Waals surface area (Å²) in [5, 5.41) is 23.5. The van der Waals surface area contributed by atoms with Crippen molar-refractivity contribution >= 4 is 11.4 Å². The van der Waals surface area contributed by atoms with Gasteiger partial charge in [0.15, 0.2) is 0 Å². The second-order valence-electron chi connectivity index (χ2n) is 5.61. The third-order valence-electron chi connectivity index (χ3n) is 3.83. The molecule has 1 N–H and O–H groups in total. The highest BCUT2D eigenvalue weighted by Gasteiger charge is 2.22. The van der Waals surface area contributed by atoms with Gasteiger partial charge in [0.25, 0.3) is 5.69 Å². The maximum absolute atomic E-state index is 10.9. The van der Waals surface area contributed by atoms with Crippen LogP contribution >= 0.6 is 0 Å². The van der Waals surface area contributed by atoms with E-state index in [0.29, 0.717) is 6.04 Å². The first-order valence-corrected chi connectivity index (χ1v) is 7.21. The molecule has 1 heterocycles. The van der Waals surface area contributed by atoms with E-state index in [0.717, 1.165) is 25.2 Å². The highest BCUT2D eigenvalue weighted by atomic mass is 16.6. The lowest BCUT2D eigenvalue weighted by molar-refractivity contribution is -0.385. The zero-order chi connectivity index (χ0) is 15.4. The molecule has 1 aliphatic heterocycles. The van der Waals surface area contributed by atoms with Crippen molar-refractivity contribution in [2.75, 3.05) is 18.0 Å². The molecule has 0 radical (unpaired) electrons. The Kier molecular flexibility index (Phi) is 4.76.